The van der Waals surface area contributed by atoms with E-state index in [0.29, 0.717) is 0 Å². The van der Waals surface area contributed by atoms with E-state index in [2.05, 4.69) is 0 Å². The Bertz CT molecular complexity index is 95.6. The van der Waals surface area contributed by atoms with Gasteiger partial charge in [0.05, 0.1) is 0 Å². The number of hydrogen-bond donors (Lipinski definition) is 0. The monoisotopic (exact) mass is 216 g/mol. The topological polar surface area (TPSA) is 110 Å². The van der Waals surface area contributed by atoms with E-state index in [1.54, 1.807) is 0 Å². The molecular weight excluding hydrogens is 216 g/mol. The predicted octanol–water partition coefficient (Wildman–Crippen LogP) is -1.90. The molecule has 0 bridgehead atoms. The van der Waals surface area contributed by atoms with Crippen molar-refractivity contribution in [3.05, 3.63) is 0 Å². The fourth-order valence-electron chi connectivity index (χ4n) is 0. The van der Waals surface area contributed by atoms with Gasteiger partial charge in [-0.25, -0.2) is 0 Å². The van der Waals surface area contributed by atoms with E-state index >= 15 is 0 Å². The van der Waals surface area contributed by atoms with Crippen LogP contribution in [0.2, 0.25) is 0 Å². The smallest absolute Gasteiger partial charge is 0.870 e. The van der Waals surface area contributed by atoms with Gasteiger partial charge in [-0.2, -0.15) is 0 Å². The second-order valence-corrected chi connectivity index (χ2v) is 1.22. The van der Waals surface area contributed by atoms with Crippen LogP contribution in [-0.4, -0.2) is 60.7 Å². The average molecular weight is 217 g/mol. The molecule has 8 heavy (non-hydrogen) atoms. The molecule has 0 amide bonds. The van der Waals surface area contributed by atoms with Gasteiger partial charge in [-0.05, 0) is 0 Å². The van der Waals surface area contributed by atoms with Gasteiger partial charge in [-0.3, -0.25) is 8.42 Å². The molecule has 0 saturated carbocycles. The zero-order chi connectivity index (χ0) is 4.50. The van der Waals surface area contributed by atoms with Crippen molar-refractivity contribution in [3.63, 3.8) is 0 Å². The van der Waals surface area contributed by atoms with Gasteiger partial charge in [0, 0.05) is 10.4 Å². The molecule has 0 radical (unpaired) electrons. The molecule has 0 aliphatic carbocycles. The van der Waals surface area contributed by atoms with Crippen molar-refractivity contribution in [3.8, 4) is 0 Å². The first-order valence-corrected chi connectivity index (χ1v) is 2.00. The fraction of sp³-hybridized carbons (Fsp3) is 0. The summed E-state index contributed by atoms with van der Waals surface area (Å²) >= 11 is 0. The third-order valence-electron chi connectivity index (χ3n) is 0. The third kappa shape index (κ3) is 128. The summed E-state index contributed by atoms with van der Waals surface area (Å²) in [5.41, 5.74) is 0. The molecule has 0 aliphatic rings. The summed E-state index contributed by atoms with van der Waals surface area (Å²) in [7, 11) is -5.17. The largest absolute Gasteiger partial charge is 2.00 e. The van der Waals surface area contributed by atoms with Crippen molar-refractivity contribution >= 4 is 48.1 Å². The van der Waals surface area contributed by atoms with Crippen LogP contribution in [0.4, 0.5) is 0 Å². The molecule has 0 saturated heterocycles. The maximum Gasteiger partial charge on any atom is 2.00 e. The molecule has 0 unspecified atom stereocenters. The van der Waals surface area contributed by atoms with E-state index in [-0.39, 0.29) is 60.3 Å². The van der Waals surface area contributed by atoms with Crippen LogP contribution in [0.1, 0.15) is 0 Å². The maximum atomic E-state index is 8.52. The summed E-state index contributed by atoms with van der Waals surface area (Å²) in [5, 5.41) is 0. The van der Waals surface area contributed by atoms with Crippen molar-refractivity contribution in [1.29, 1.82) is 0 Å². The molecule has 50 valence electrons. The Labute approximate surface area is 87.2 Å². The molecule has 0 aromatic rings. The molecule has 0 heterocycles. The Morgan fingerprint density at radius 2 is 1.12 bits per heavy atom. The minimum atomic E-state index is -5.17. The van der Waals surface area contributed by atoms with Crippen LogP contribution in [-0.2, 0) is 27.5 Å². The summed E-state index contributed by atoms with van der Waals surface area (Å²) < 4.78 is 34.1. The Hall–Kier alpha value is 1.61. The number of rotatable bonds is 0. The van der Waals surface area contributed by atoms with Crippen molar-refractivity contribution in [2.24, 2.45) is 0 Å². The van der Waals surface area contributed by atoms with Gasteiger partial charge in [-0.1, -0.05) is 0 Å². The fourth-order valence-corrected chi connectivity index (χ4v) is 0. The molecule has 0 aliphatic heterocycles. The maximum absolute atomic E-state index is 8.52. The predicted molar refractivity (Wildman–Crippen MR) is 18.2 cm³/mol. The van der Waals surface area contributed by atoms with Crippen LogP contribution < -0.4 is 0 Å². The van der Waals surface area contributed by atoms with Gasteiger partial charge in [0.15, 0.2) is 0 Å². The molecule has 8 heteroatoms. The molecule has 0 atom stereocenters. The molecule has 1 N–H and O–H groups in total. The minimum Gasteiger partial charge on any atom is -0.870 e. The Balaban J connectivity index is -0.0000000267. The summed E-state index contributed by atoms with van der Waals surface area (Å²) in [5.74, 6) is 0. The Morgan fingerprint density at radius 3 is 1.12 bits per heavy atom. The van der Waals surface area contributed by atoms with Crippen LogP contribution in [0.5, 0.6) is 0 Å². The normalized spacial score (nSPS) is 7.25. The van der Waals surface area contributed by atoms with Crippen LogP contribution in [0.3, 0.4) is 0 Å². The first-order chi connectivity index (χ1) is 2.00. The standard InChI is InChI=1S/Ca.Cu.H2O4S.H2O/c;;1-5(2,3)4;/h;;(H2,1,2,3,4);1H2/q+2;+1;;/p-3. The van der Waals surface area contributed by atoms with Gasteiger partial charge in [-0.15, -0.1) is 0 Å². The van der Waals surface area contributed by atoms with E-state index in [1.807, 2.05) is 0 Å². The molecule has 5 nitrogen and oxygen atoms in total. The van der Waals surface area contributed by atoms with E-state index in [0.717, 1.165) is 0 Å². The van der Waals surface area contributed by atoms with Crippen molar-refractivity contribution in [2.45, 2.75) is 0 Å². The van der Waals surface area contributed by atoms with Crippen LogP contribution >= 0.6 is 0 Å². The molecule has 0 fully saturated rings. The molecule has 0 rings (SSSR count). The molecule has 0 aromatic heterocycles. The SMILES string of the molecule is O=S(=O)([O-])[O-].[Ca+2].[Cu+].[OH-]. The van der Waals surface area contributed by atoms with E-state index in [4.69, 9.17) is 17.5 Å². The second-order valence-electron chi connectivity index (χ2n) is 0.408. The average Bonchev–Trinajstić information content (AvgIpc) is 0.722. The van der Waals surface area contributed by atoms with E-state index in [1.165, 1.54) is 0 Å². The summed E-state index contributed by atoms with van der Waals surface area (Å²) in [6, 6.07) is 0. The zero-order valence-corrected chi connectivity index (χ0v) is 7.46. The zero-order valence-electron chi connectivity index (χ0n) is 3.50. The van der Waals surface area contributed by atoms with Gasteiger partial charge in [0.2, 0.25) is 0 Å². The first kappa shape index (κ1) is 22.6. The summed E-state index contributed by atoms with van der Waals surface area (Å²) in [4.78, 5) is 0. The molecular formula is HCaCuO5S. The third-order valence-corrected chi connectivity index (χ3v) is 0. The second kappa shape index (κ2) is 8.61. The van der Waals surface area contributed by atoms with Gasteiger partial charge >= 0.3 is 54.8 Å². The van der Waals surface area contributed by atoms with Crippen LogP contribution in [0.15, 0.2) is 0 Å². The Morgan fingerprint density at radius 1 is 1.12 bits per heavy atom. The molecule has 0 aromatic carbocycles. The van der Waals surface area contributed by atoms with Gasteiger partial charge < -0.3 is 14.6 Å². The summed E-state index contributed by atoms with van der Waals surface area (Å²) in [6.07, 6.45) is 0. The van der Waals surface area contributed by atoms with Crippen molar-refractivity contribution in [1.82, 2.24) is 0 Å². The van der Waals surface area contributed by atoms with Crippen LogP contribution in [0.25, 0.3) is 0 Å². The van der Waals surface area contributed by atoms with E-state index < -0.39 is 10.4 Å². The minimum absolute atomic E-state index is 0. The van der Waals surface area contributed by atoms with Gasteiger partial charge in [0.25, 0.3) is 0 Å². The van der Waals surface area contributed by atoms with Crippen molar-refractivity contribution in [2.75, 3.05) is 0 Å². The van der Waals surface area contributed by atoms with Crippen molar-refractivity contribution < 1.29 is 40.1 Å². The first-order valence-electron chi connectivity index (χ1n) is 0.667. The van der Waals surface area contributed by atoms with Crippen LogP contribution in [0, 0.1) is 0 Å². The molecule has 0 spiro atoms. The number of hydrogen-bond acceptors (Lipinski definition) is 5. The quantitative estimate of drug-likeness (QED) is 0.267. The van der Waals surface area contributed by atoms with E-state index in [9.17, 15) is 0 Å². The Kier molecular flexibility index (Phi) is 24.4. The van der Waals surface area contributed by atoms with Gasteiger partial charge in [0.1, 0.15) is 0 Å². The summed E-state index contributed by atoms with van der Waals surface area (Å²) in [6.45, 7) is 0.